The van der Waals surface area contributed by atoms with Crippen LogP contribution in [0.4, 0.5) is 0 Å². The van der Waals surface area contributed by atoms with Crippen molar-refractivity contribution in [2.45, 2.75) is 38.4 Å². The van der Waals surface area contributed by atoms with Crippen LogP contribution >= 0.6 is 12.0 Å². The monoisotopic (exact) mass is 220 g/mol. The molecule has 1 saturated heterocycles. The molecule has 0 amide bonds. The van der Waals surface area contributed by atoms with Crippen molar-refractivity contribution in [2.75, 3.05) is 26.1 Å². The van der Waals surface area contributed by atoms with E-state index in [9.17, 15) is 0 Å². The Morgan fingerprint density at radius 3 is 3.00 bits per heavy atom. The van der Waals surface area contributed by atoms with Crippen molar-refractivity contribution in [1.82, 2.24) is 0 Å². The molecular weight excluding hydrogens is 200 g/mol. The molecule has 0 radical (unpaired) electrons. The topological polar surface area (TPSA) is 27.7 Å². The molecule has 0 spiro atoms. The Hall–Kier alpha value is 0.230. The minimum atomic E-state index is 0.0684. The first kappa shape index (κ1) is 12.3. The molecule has 0 aliphatic carbocycles. The molecule has 0 saturated carbocycles. The van der Waals surface area contributed by atoms with Crippen LogP contribution in [0.15, 0.2) is 0 Å². The molecule has 1 unspecified atom stereocenters. The number of rotatable bonds is 7. The summed E-state index contributed by atoms with van der Waals surface area (Å²) >= 11 is 1.51. The molecule has 1 heterocycles. The molecule has 1 aliphatic rings. The van der Waals surface area contributed by atoms with E-state index < -0.39 is 0 Å². The molecule has 1 fully saturated rings. The molecule has 1 atom stereocenters. The second-order valence-electron chi connectivity index (χ2n) is 3.36. The van der Waals surface area contributed by atoms with Crippen LogP contribution in [0.2, 0.25) is 0 Å². The zero-order valence-electron chi connectivity index (χ0n) is 8.87. The molecule has 0 aromatic rings. The predicted molar refractivity (Wildman–Crippen MR) is 58.2 cm³/mol. The van der Waals surface area contributed by atoms with Crippen molar-refractivity contribution in [2.24, 2.45) is 0 Å². The normalized spacial score (nSPS) is 22.5. The van der Waals surface area contributed by atoms with Crippen LogP contribution in [0.5, 0.6) is 0 Å². The summed E-state index contributed by atoms with van der Waals surface area (Å²) in [6.45, 7) is 1.68. The van der Waals surface area contributed by atoms with Crippen LogP contribution in [0, 0.1) is 0 Å². The molecule has 84 valence electrons. The van der Waals surface area contributed by atoms with Crippen LogP contribution in [-0.2, 0) is 13.7 Å². The maximum Gasteiger partial charge on any atom is 0.157 e. The van der Waals surface area contributed by atoms with Gasteiger partial charge in [0.15, 0.2) is 6.29 Å². The molecular formula is C10H20O3S. The summed E-state index contributed by atoms with van der Waals surface area (Å²) in [4.78, 5) is 0. The molecule has 1 rings (SSSR count). The largest absolute Gasteiger partial charge is 0.353 e. The Labute approximate surface area is 90.7 Å². The van der Waals surface area contributed by atoms with Crippen molar-refractivity contribution in [3.8, 4) is 0 Å². The van der Waals surface area contributed by atoms with Gasteiger partial charge in [-0.1, -0.05) is 0 Å². The molecule has 0 bridgehead atoms. The lowest BCUT2D eigenvalue weighted by Crippen LogP contribution is -2.22. The summed E-state index contributed by atoms with van der Waals surface area (Å²) in [7, 11) is 1.71. The molecule has 0 aromatic carbocycles. The highest BCUT2D eigenvalue weighted by atomic mass is 32.2. The molecule has 3 nitrogen and oxygen atoms in total. The standard InChI is InChI=1S/C10H20O3S/c1-11-14-9-5-4-8-13-10-6-2-3-7-12-10/h10H,2-9H2,1H3. The van der Waals surface area contributed by atoms with Gasteiger partial charge in [-0.15, -0.1) is 0 Å². The van der Waals surface area contributed by atoms with Gasteiger partial charge >= 0.3 is 0 Å². The van der Waals surface area contributed by atoms with E-state index in [1.165, 1.54) is 24.9 Å². The predicted octanol–water partition coefficient (Wildman–Crippen LogP) is 2.60. The van der Waals surface area contributed by atoms with Gasteiger partial charge in [-0.3, -0.25) is 0 Å². The molecule has 1 aliphatic heterocycles. The highest BCUT2D eigenvalue weighted by molar-refractivity contribution is 7.94. The van der Waals surface area contributed by atoms with Crippen LogP contribution in [0.25, 0.3) is 0 Å². The minimum absolute atomic E-state index is 0.0684. The molecule has 0 N–H and O–H groups in total. The van der Waals surface area contributed by atoms with E-state index in [-0.39, 0.29) is 6.29 Å². The van der Waals surface area contributed by atoms with E-state index in [1.54, 1.807) is 7.11 Å². The summed E-state index contributed by atoms with van der Waals surface area (Å²) in [5.74, 6) is 1.05. The maximum atomic E-state index is 5.59. The average molecular weight is 220 g/mol. The third kappa shape index (κ3) is 5.86. The molecule has 14 heavy (non-hydrogen) atoms. The number of unbranched alkanes of at least 4 members (excludes halogenated alkanes) is 1. The van der Waals surface area contributed by atoms with Gasteiger partial charge in [0.05, 0.1) is 7.11 Å². The van der Waals surface area contributed by atoms with Crippen molar-refractivity contribution in [1.29, 1.82) is 0 Å². The first-order chi connectivity index (χ1) is 6.93. The Morgan fingerprint density at radius 1 is 1.36 bits per heavy atom. The quantitative estimate of drug-likeness (QED) is 0.487. The summed E-state index contributed by atoms with van der Waals surface area (Å²) in [6, 6.07) is 0. The summed E-state index contributed by atoms with van der Waals surface area (Å²) in [6.07, 6.45) is 5.79. The highest BCUT2D eigenvalue weighted by Gasteiger charge is 2.13. The van der Waals surface area contributed by atoms with E-state index in [2.05, 4.69) is 0 Å². The zero-order valence-corrected chi connectivity index (χ0v) is 9.68. The zero-order chi connectivity index (χ0) is 10.1. The third-order valence-electron chi connectivity index (χ3n) is 2.18. The summed E-state index contributed by atoms with van der Waals surface area (Å²) < 4.78 is 15.9. The van der Waals surface area contributed by atoms with E-state index in [4.69, 9.17) is 13.7 Å². The minimum Gasteiger partial charge on any atom is -0.353 e. The van der Waals surface area contributed by atoms with E-state index >= 15 is 0 Å². The number of hydrogen-bond acceptors (Lipinski definition) is 4. The Bertz CT molecular complexity index is 127. The van der Waals surface area contributed by atoms with Crippen molar-refractivity contribution in [3.63, 3.8) is 0 Å². The van der Waals surface area contributed by atoms with Gasteiger partial charge in [-0.2, -0.15) is 0 Å². The van der Waals surface area contributed by atoms with Gasteiger partial charge in [0.25, 0.3) is 0 Å². The second-order valence-corrected chi connectivity index (χ2v) is 4.34. The molecule has 4 heteroatoms. The first-order valence-corrected chi connectivity index (χ1v) is 6.23. The van der Waals surface area contributed by atoms with Gasteiger partial charge in [-0.05, 0) is 44.1 Å². The lowest BCUT2D eigenvalue weighted by atomic mass is 10.2. The highest BCUT2D eigenvalue weighted by Crippen LogP contribution is 2.14. The lowest BCUT2D eigenvalue weighted by Gasteiger charge is -2.22. The Balaban J connectivity index is 1.82. The SMILES string of the molecule is COSCCCCOC1CCCCO1. The van der Waals surface area contributed by atoms with Gasteiger partial charge in [0, 0.05) is 19.0 Å². The second kappa shape index (κ2) is 8.53. The van der Waals surface area contributed by atoms with Crippen molar-refractivity contribution >= 4 is 12.0 Å². The van der Waals surface area contributed by atoms with Gasteiger partial charge in [0.1, 0.15) is 0 Å². The Morgan fingerprint density at radius 2 is 2.29 bits per heavy atom. The fourth-order valence-corrected chi connectivity index (χ4v) is 1.89. The fourth-order valence-electron chi connectivity index (χ4n) is 1.40. The van der Waals surface area contributed by atoms with Gasteiger partial charge in [0.2, 0.25) is 0 Å². The fraction of sp³-hybridized carbons (Fsp3) is 1.00. The summed E-state index contributed by atoms with van der Waals surface area (Å²) in [5.41, 5.74) is 0. The van der Waals surface area contributed by atoms with Gasteiger partial charge < -0.3 is 13.7 Å². The van der Waals surface area contributed by atoms with E-state index in [1.807, 2.05) is 0 Å². The third-order valence-corrected chi connectivity index (χ3v) is 2.87. The van der Waals surface area contributed by atoms with Crippen LogP contribution < -0.4 is 0 Å². The van der Waals surface area contributed by atoms with E-state index in [0.29, 0.717) is 0 Å². The first-order valence-electron chi connectivity index (χ1n) is 5.32. The lowest BCUT2D eigenvalue weighted by molar-refractivity contribution is -0.162. The van der Waals surface area contributed by atoms with Crippen LogP contribution in [-0.4, -0.2) is 32.4 Å². The number of hydrogen-bond donors (Lipinski definition) is 0. The van der Waals surface area contributed by atoms with E-state index in [0.717, 1.165) is 38.2 Å². The maximum absolute atomic E-state index is 5.59. The van der Waals surface area contributed by atoms with Crippen LogP contribution in [0.3, 0.4) is 0 Å². The van der Waals surface area contributed by atoms with Crippen LogP contribution in [0.1, 0.15) is 32.1 Å². The smallest absolute Gasteiger partial charge is 0.157 e. The van der Waals surface area contributed by atoms with Crippen molar-refractivity contribution in [3.05, 3.63) is 0 Å². The number of ether oxygens (including phenoxy) is 2. The Kier molecular flexibility index (Phi) is 7.50. The van der Waals surface area contributed by atoms with Gasteiger partial charge in [-0.25, -0.2) is 0 Å². The summed E-state index contributed by atoms with van der Waals surface area (Å²) in [5, 5.41) is 0. The van der Waals surface area contributed by atoms with Crippen molar-refractivity contribution < 1.29 is 13.7 Å². The average Bonchev–Trinajstić information content (AvgIpc) is 2.25. The molecule has 0 aromatic heterocycles.